The summed E-state index contributed by atoms with van der Waals surface area (Å²) in [5, 5.41) is 19.1. The summed E-state index contributed by atoms with van der Waals surface area (Å²) in [6.07, 6.45) is 0. The van der Waals surface area contributed by atoms with E-state index in [4.69, 9.17) is 0 Å². The lowest BCUT2D eigenvalue weighted by molar-refractivity contribution is 0.102. The fourth-order valence-electron chi connectivity index (χ4n) is 3.62. The van der Waals surface area contributed by atoms with Crippen molar-refractivity contribution in [1.29, 1.82) is 0 Å². The lowest BCUT2D eigenvalue weighted by Gasteiger charge is -2.11. The molecule has 12 heteroatoms. The standard InChI is InChI=1S/C23H20FN9OS/c1-13-10-14(2)32-22(25-13)27-23(29-32)35-12-16-6-4-5-7-18(16)21(34)26-17-8-9-19(24)20(11-17)33-15(3)28-30-31-33/h4-11H,12H2,1-3H3,(H,26,34). The SMILES string of the molecule is Cc1cc(C)n2nc(SCc3ccccc3C(=O)Nc3ccc(F)c(-n4nnnc4C)c3)nc2n1. The van der Waals surface area contributed by atoms with Crippen molar-refractivity contribution < 1.29 is 9.18 Å². The zero-order valence-corrected chi connectivity index (χ0v) is 19.9. The van der Waals surface area contributed by atoms with Crippen molar-refractivity contribution in [2.75, 3.05) is 5.32 Å². The van der Waals surface area contributed by atoms with Crippen LogP contribution in [0.3, 0.4) is 0 Å². The summed E-state index contributed by atoms with van der Waals surface area (Å²) in [5.41, 5.74) is 3.70. The second kappa shape index (κ2) is 9.22. The minimum Gasteiger partial charge on any atom is -0.322 e. The molecule has 1 N–H and O–H groups in total. The van der Waals surface area contributed by atoms with Crippen molar-refractivity contribution in [2.24, 2.45) is 0 Å². The molecule has 0 bridgehead atoms. The molecule has 0 unspecified atom stereocenters. The van der Waals surface area contributed by atoms with Gasteiger partial charge in [0.25, 0.3) is 11.7 Å². The fraction of sp³-hybridized carbons (Fsp3) is 0.174. The molecule has 1 amide bonds. The van der Waals surface area contributed by atoms with E-state index >= 15 is 0 Å². The predicted octanol–water partition coefficient (Wildman–Crippen LogP) is 3.71. The van der Waals surface area contributed by atoms with Gasteiger partial charge in [-0.15, -0.1) is 10.2 Å². The first-order valence-electron chi connectivity index (χ1n) is 10.7. The van der Waals surface area contributed by atoms with Gasteiger partial charge in [-0.25, -0.2) is 13.9 Å². The molecular formula is C23H20FN9OS. The number of thioether (sulfide) groups is 1. The number of hydrogen-bond donors (Lipinski definition) is 1. The molecule has 0 radical (unpaired) electrons. The Bertz CT molecular complexity index is 1560. The van der Waals surface area contributed by atoms with E-state index in [-0.39, 0.29) is 11.6 Å². The van der Waals surface area contributed by atoms with E-state index in [1.54, 1.807) is 23.6 Å². The van der Waals surface area contributed by atoms with Crippen LogP contribution in [0.5, 0.6) is 0 Å². The van der Waals surface area contributed by atoms with E-state index in [2.05, 4.69) is 35.9 Å². The largest absolute Gasteiger partial charge is 0.322 e. The lowest BCUT2D eigenvalue weighted by Crippen LogP contribution is -2.14. The summed E-state index contributed by atoms with van der Waals surface area (Å²) in [5.74, 6) is 0.631. The number of aryl methyl sites for hydroxylation is 3. The quantitative estimate of drug-likeness (QED) is 0.359. The van der Waals surface area contributed by atoms with E-state index in [9.17, 15) is 9.18 Å². The van der Waals surface area contributed by atoms with Crippen LogP contribution in [-0.4, -0.2) is 45.7 Å². The number of carbonyl (C=O) groups excluding carboxylic acids is 1. The fourth-order valence-corrected chi connectivity index (χ4v) is 4.45. The highest BCUT2D eigenvalue weighted by molar-refractivity contribution is 7.98. The number of carbonyl (C=O) groups is 1. The molecule has 2 aromatic carbocycles. The van der Waals surface area contributed by atoms with Crippen LogP contribution in [0.1, 0.15) is 33.1 Å². The number of anilines is 1. The number of halogens is 1. The molecule has 3 aromatic heterocycles. The summed E-state index contributed by atoms with van der Waals surface area (Å²) in [7, 11) is 0. The minimum absolute atomic E-state index is 0.145. The van der Waals surface area contributed by atoms with E-state index in [1.165, 1.54) is 34.6 Å². The van der Waals surface area contributed by atoms with Crippen molar-refractivity contribution in [3.05, 3.63) is 82.7 Å². The number of fused-ring (bicyclic) bond motifs is 1. The molecule has 35 heavy (non-hydrogen) atoms. The minimum atomic E-state index is -0.505. The third-order valence-corrected chi connectivity index (χ3v) is 6.16. The molecule has 5 rings (SSSR count). The van der Waals surface area contributed by atoms with Crippen LogP contribution in [-0.2, 0) is 5.75 Å². The van der Waals surface area contributed by atoms with Gasteiger partial charge in [0.05, 0.1) is 0 Å². The van der Waals surface area contributed by atoms with Gasteiger partial charge in [-0.2, -0.15) is 9.67 Å². The Kier molecular flexibility index (Phi) is 5.95. The van der Waals surface area contributed by atoms with Crippen LogP contribution in [0, 0.1) is 26.6 Å². The molecule has 5 aromatic rings. The lowest BCUT2D eigenvalue weighted by atomic mass is 10.1. The number of aromatic nitrogens is 8. The number of rotatable bonds is 6. The molecule has 0 aliphatic rings. The topological polar surface area (TPSA) is 116 Å². The molecular weight excluding hydrogens is 469 g/mol. The van der Waals surface area contributed by atoms with Gasteiger partial charge in [0.2, 0.25) is 5.16 Å². The first-order chi connectivity index (χ1) is 16.9. The van der Waals surface area contributed by atoms with Crippen LogP contribution < -0.4 is 5.32 Å². The van der Waals surface area contributed by atoms with E-state index < -0.39 is 5.82 Å². The second-order valence-electron chi connectivity index (χ2n) is 7.85. The Morgan fingerprint density at radius 2 is 1.91 bits per heavy atom. The Morgan fingerprint density at radius 1 is 1.09 bits per heavy atom. The number of nitrogens with zero attached hydrogens (tertiary/aromatic N) is 8. The van der Waals surface area contributed by atoms with Crippen LogP contribution in [0.2, 0.25) is 0 Å². The molecule has 176 valence electrons. The molecule has 0 saturated heterocycles. The van der Waals surface area contributed by atoms with Crippen molar-refractivity contribution >= 4 is 29.1 Å². The highest BCUT2D eigenvalue weighted by Gasteiger charge is 2.16. The first kappa shape index (κ1) is 22.6. The average Bonchev–Trinajstić information content (AvgIpc) is 3.45. The molecule has 3 heterocycles. The van der Waals surface area contributed by atoms with Crippen LogP contribution >= 0.6 is 11.8 Å². The van der Waals surface area contributed by atoms with Gasteiger partial charge < -0.3 is 5.32 Å². The summed E-state index contributed by atoms with van der Waals surface area (Å²) in [6, 6.07) is 13.5. The molecule has 0 spiro atoms. The Labute approximate surface area is 203 Å². The van der Waals surface area contributed by atoms with Gasteiger partial charge in [-0.3, -0.25) is 4.79 Å². The Balaban J connectivity index is 1.35. The van der Waals surface area contributed by atoms with E-state index in [0.717, 1.165) is 17.0 Å². The molecule has 10 nitrogen and oxygen atoms in total. The highest BCUT2D eigenvalue weighted by atomic mass is 32.2. The maximum absolute atomic E-state index is 14.4. The third-order valence-electron chi connectivity index (χ3n) is 5.28. The van der Waals surface area contributed by atoms with Gasteiger partial charge in [0.15, 0.2) is 5.82 Å². The van der Waals surface area contributed by atoms with Crippen molar-refractivity contribution in [3.63, 3.8) is 0 Å². The van der Waals surface area contributed by atoms with E-state index in [1.807, 2.05) is 32.0 Å². The van der Waals surface area contributed by atoms with Crippen LogP contribution in [0.15, 0.2) is 53.7 Å². The van der Waals surface area contributed by atoms with Gasteiger partial charge >= 0.3 is 0 Å². The summed E-state index contributed by atoms with van der Waals surface area (Å²) in [6.45, 7) is 5.53. The Morgan fingerprint density at radius 3 is 2.71 bits per heavy atom. The van der Waals surface area contributed by atoms with E-state index in [0.29, 0.717) is 33.8 Å². The molecule has 0 atom stereocenters. The number of benzene rings is 2. The monoisotopic (exact) mass is 489 g/mol. The van der Waals surface area contributed by atoms with Gasteiger partial charge in [-0.1, -0.05) is 30.0 Å². The molecule has 0 fully saturated rings. The average molecular weight is 490 g/mol. The third kappa shape index (κ3) is 4.60. The number of amides is 1. The van der Waals surface area contributed by atoms with Crippen LogP contribution in [0.4, 0.5) is 10.1 Å². The number of nitrogens with one attached hydrogen (secondary N) is 1. The van der Waals surface area contributed by atoms with Crippen molar-refractivity contribution in [2.45, 2.75) is 31.7 Å². The Hall–Kier alpha value is -4.19. The normalized spacial score (nSPS) is 11.2. The zero-order valence-electron chi connectivity index (χ0n) is 19.1. The van der Waals surface area contributed by atoms with Gasteiger partial charge in [0.1, 0.15) is 11.5 Å². The van der Waals surface area contributed by atoms with Crippen molar-refractivity contribution in [1.82, 2.24) is 39.8 Å². The number of tetrazole rings is 1. The van der Waals surface area contributed by atoms with Crippen LogP contribution in [0.25, 0.3) is 11.5 Å². The van der Waals surface area contributed by atoms with Gasteiger partial charge in [-0.05, 0) is 67.1 Å². The summed E-state index contributed by atoms with van der Waals surface area (Å²) >= 11 is 1.42. The predicted molar refractivity (Wildman–Crippen MR) is 128 cm³/mol. The molecule has 0 aliphatic heterocycles. The second-order valence-corrected chi connectivity index (χ2v) is 8.79. The van der Waals surface area contributed by atoms with Crippen molar-refractivity contribution in [3.8, 4) is 5.69 Å². The first-order valence-corrected chi connectivity index (χ1v) is 11.7. The smallest absolute Gasteiger partial charge is 0.255 e. The van der Waals surface area contributed by atoms with Gasteiger partial charge in [0, 0.05) is 28.4 Å². The molecule has 0 aliphatic carbocycles. The summed E-state index contributed by atoms with van der Waals surface area (Å²) < 4.78 is 17.3. The molecule has 0 saturated carbocycles. The number of hydrogen-bond acceptors (Lipinski definition) is 8. The summed E-state index contributed by atoms with van der Waals surface area (Å²) in [4.78, 5) is 22.0. The highest BCUT2D eigenvalue weighted by Crippen LogP contribution is 2.24. The zero-order chi connectivity index (χ0) is 24.5. The maximum atomic E-state index is 14.4. The maximum Gasteiger partial charge on any atom is 0.255 e.